The molecular weight excluding hydrogens is 424 g/mol. The van der Waals surface area contributed by atoms with Crippen molar-refractivity contribution < 1.29 is 0 Å². The van der Waals surface area contributed by atoms with Crippen LogP contribution >= 0.6 is 15.9 Å². The molecule has 0 atom stereocenters. The Kier molecular flexibility index (Phi) is 4.24. The number of rotatable bonds is 2. The van der Waals surface area contributed by atoms with Crippen molar-refractivity contribution in [3.8, 4) is 0 Å². The Bertz CT molecular complexity index is 1200. The molecule has 2 aliphatic heterocycles. The van der Waals surface area contributed by atoms with Crippen molar-refractivity contribution >= 4 is 15.9 Å². The van der Waals surface area contributed by atoms with Gasteiger partial charge in [0.15, 0.2) is 0 Å². The summed E-state index contributed by atoms with van der Waals surface area (Å²) in [7, 11) is 0. The smallest absolute Gasteiger partial charge is 0.227 e. The van der Waals surface area contributed by atoms with E-state index in [4.69, 9.17) is 20.0 Å². The van der Waals surface area contributed by atoms with E-state index in [9.17, 15) is 0 Å². The summed E-state index contributed by atoms with van der Waals surface area (Å²) in [5, 5.41) is 3.58. The van der Waals surface area contributed by atoms with Crippen LogP contribution in [0, 0.1) is 12.3 Å². The topological polar surface area (TPSA) is 49.4 Å². The third-order valence-corrected chi connectivity index (χ3v) is 5.94. The van der Waals surface area contributed by atoms with Crippen molar-refractivity contribution in [2.24, 2.45) is 20.0 Å². The molecule has 0 aromatic heterocycles. The fraction of sp³-hybridized carbons (Fsp3) is 0.167. The van der Waals surface area contributed by atoms with E-state index < -0.39 is 0 Å². The molecule has 2 aliphatic rings. The standard InChI is InChI=1S/C24H19BrN4/c1-24(2,3)14-12-15(22-26-17-8-4-5-9-18(17)27-22)21(25)16(13-14)23-28-19-10-6-7-11-20(19)29-23/h4-13H,1-3H3. The molecule has 0 spiro atoms. The molecule has 0 bridgehead atoms. The van der Waals surface area contributed by atoms with Crippen molar-refractivity contribution in [3.63, 3.8) is 0 Å². The molecule has 0 fully saturated rings. The summed E-state index contributed by atoms with van der Waals surface area (Å²) >= 11 is 3.81. The average Bonchev–Trinajstić information content (AvgIpc) is 3.31. The molecular formula is C24H19BrN4. The number of nitrogens with zero attached hydrogens (tertiary/aromatic N) is 4. The van der Waals surface area contributed by atoms with Gasteiger partial charge >= 0.3 is 0 Å². The van der Waals surface area contributed by atoms with Crippen LogP contribution in [0.15, 0.2) is 85.1 Å². The zero-order valence-electron chi connectivity index (χ0n) is 16.4. The maximum atomic E-state index is 4.76. The van der Waals surface area contributed by atoms with Crippen molar-refractivity contribution in [1.82, 2.24) is 0 Å². The minimum atomic E-state index is -0.0395. The fourth-order valence-electron chi connectivity index (χ4n) is 3.44. The van der Waals surface area contributed by atoms with Crippen LogP contribution in [0.25, 0.3) is 0 Å². The van der Waals surface area contributed by atoms with Crippen molar-refractivity contribution in [3.05, 3.63) is 116 Å². The molecule has 0 aliphatic carbocycles. The van der Waals surface area contributed by atoms with Gasteiger partial charge in [-0.3, -0.25) is 0 Å². The molecule has 0 saturated carbocycles. The molecule has 29 heavy (non-hydrogen) atoms. The van der Waals surface area contributed by atoms with Crippen LogP contribution in [0.3, 0.4) is 0 Å². The first-order valence-electron chi connectivity index (χ1n) is 9.54. The second-order valence-corrected chi connectivity index (χ2v) is 9.00. The molecule has 2 radical (unpaired) electrons. The van der Waals surface area contributed by atoms with E-state index in [-0.39, 0.29) is 5.41 Å². The van der Waals surface area contributed by atoms with Gasteiger partial charge in [0.2, 0.25) is 12.3 Å². The Balaban J connectivity index is 1.70. The number of benzene rings is 3. The lowest BCUT2D eigenvalue weighted by Gasteiger charge is -2.23. The number of hydrogen-bond donors (Lipinski definition) is 0. The molecule has 0 saturated heterocycles. The zero-order chi connectivity index (χ0) is 20.2. The van der Waals surface area contributed by atoms with Gasteiger partial charge in [0.25, 0.3) is 0 Å². The first-order chi connectivity index (χ1) is 13.9. The maximum absolute atomic E-state index is 4.76. The second kappa shape index (κ2) is 6.70. The van der Waals surface area contributed by atoms with Gasteiger partial charge in [-0.25, -0.2) is 20.0 Å². The van der Waals surface area contributed by atoms with Gasteiger partial charge in [-0.1, -0.05) is 45.0 Å². The Morgan fingerprint density at radius 1 is 0.621 bits per heavy atom. The summed E-state index contributed by atoms with van der Waals surface area (Å²) in [6.45, 7) is 6.61. The molecule has 4 nitrogen and oxygen atoms in total. The molecule has 0 N–H and O–H groups in total. The first kappa shape index (κ1) is 18.4. The lowest BCUT2D eigenvalue weighted by Crippen LogP contribution is -2.19. The van der Waals surface area contributed by atoms with Crippen molar-refractivity contribution in [1.29, 1.82) is 0 Å². The van der Waals surface area contributed by atoms with Crippen molar-refractivity contribution in [2.45, 2.75) is 26.2 Å². The molecule has 3 aromatic carbocycles. The van der Waals surface area contributed by atoms with E-state index in [1.165, 1.54) is 5.56 Å². The van der Waals surface area contributed by atoms with Crippen molar-refractivity contribution in [2.75, 3.05) is 0 Å². The molecule has 3 aromatic rings. The van der Waals surface area contributed by atoms with Crippen LogP contribution in [0.2, 0.25) is 0 Å². The van der Waals surface area contributed by atoms with Crippen LogP contribution < -0.4 is 21.4 Å². The van der Waals surface area contributed by atoms with E-state index >= 15 is 0 Å². The number of para-hydroxylation sites is 4. The summed E-state index contributed by atoms with van der Waals surface area (Å²) < 4.78 is 0.913. The lowest BCUT2D eigenvalue weighted by molar-refractivity contribution is 0.588. The predicted molar refractivity (Wildman–Crippen MR) is 115 cm³/mol. The van der Waals surface area contributed by atoms with E-state index in [1.807, 2.05) is 48.5 Å². The summed E-state index contributed by atoms with van der Waals surface area (Å²) in [5.74, 6) is 0. The normalized spacial score (nSPS) is 15.7. The predicted octanol–water partition coefficient (Wildman–Crippen LogP) is 3.33. The summed E-state index contributed by atoms with van der Waals surface area (Å²) in [6.07, 6.45) is 1.42. The number of hydrogen-bond acceptors (Lipinski definition) is 4. The van der Waals surface area contributed by atoms with Gasteiger partial charge in [-0.05, 0) is 63.3 Å². The molecule has 5 heteroatoms. The second-order valence-electron chi connectivity index (χ2n) is 8.21. The van der Waals surface area contributed by atoms with E-state index in [2.05, 4.69) is 48.8 Å². The van der Waals surface area contributed by atoms with Gasteiger partial charge < -0.3 is 0 Å². The number of fused-ring (bicyclic) bond motifs is 2. The summed E-state index contributed by atoms with van der Waals surface area (Å²) in [6, 6.07) is 20.2. The van der Waals surface area contributed by atoms with E-state index in [0.29, 0.717) is 12.3 Å². The Labute approximate surface area is 177 Å². The van der Waals surface area contributed by atoms with Gasteiger partial charge in [0.05, 0.1) is 21.4 Å². The van der Waals surface area contributed by atoms with E-state index in [1.54, 1.807) is 0 Å². The number of halogens is 1. The van der Waals surface area contributed by atoms with Crippen LogP contribution in [0.4, 0.5) is 0 Å². The zero-order valence-corrected chi connectivity index (χ0v) is 18.0. The lowest BCUT2D eigenvalue weighted by atomic mass is 9.84. The molecule has 0 amide bonds. The monoisotopic (exact) mass is 442 g/mol. The van der Waals surface area contributed by atoms with Gasteiger partial charge in [0, 0.05) is 15.6 Å². The van der Waals surface area contributed by atoms with Gasteiger partial charge in [0.1, 0.15) is 0 Å². The van der Waals surface area contributed by atoms with Gasteiger partial charge in [-0.15, -0.1) is 0 Å². The average molecular weight is 443 g/mol. The molecule has 5 rings (SSSR count). The molecule has 0 unspecified atom stereocenters. The highest BCUT2D eigenvalue weighted by Gasteiger charge is 2.28. The molecule has 142 valence electrons. The maximum Gasteiger partial charge on any atom is 0.227 e. The SMILES string of the molecule is CC(C)(C)c1cc([C]2N=c3ccccc3=N2)c(Br)c([C]2N=c3ccccc3=N2)c1. The van der Waals surface area contributed by atoms with Gasteiger partial charge in [-0.2, -0.15) is 0 Å². The van der Waals surface area contributed by atoms with Crippen LogP contribution in [-0.4, -0.2) is 0 Å². The summed E-state index contributed by atoms with van der Waals surface area (Å²) in [4.78, 5) is 19.1. The highest BCUT2D eigenvalue weighted by molar-refractivity contribution is 9.10. The Morgan fingerprint density at radius 3 is 1.28 bits per heavy atom. The highest BCUT2D eigenvalue weighted by atomic mass is 79.9. The fourth-order valence-corrected chi connectivity index (χ4v) is 4.02. The van der Waals surface area contributed by atoms with E-state index in [0.717, 1.165) is 37.0 Å². The molecule has 2 heterocycles. The first-order valence-corrected chi connectivity index (χ1v) is 10.3. The Hall–Kier alpha value is -2.66. The highest BCUT2D eigenvalue weighted by Crippen LogP contribution is 2.38. The van der Waals surface area contributed by atoms with Crippen LogP contribution in [0.1, 0.15) is 37.5 Å². The quantitative estimate of drug-likeness (QED) is 0.584. The third kappa shape index (κ3) is 3.23. The Morgan fingerprint density at radius 2 is 0.966 bits per heavy atom. The minimum Gasteiger partial charge on any atom is -0.243 e. The summed E-state index contributed by atoms with van der Waals surface area (Å²) in [5.41, 5.74) is 3.06. The third-order valence-electron chi connectivity index (χ3n) is 5.09. The largest absolute Gasteiger partial charge is 0.243 e. The van der Waals surface area contributed by atoms with Crippen LogP contribution in [-0.2, 0) is 5.41 Å². The minimum absolute atomic E-state index is 0.0395. The van der Waals surface area contributed by atoms with Crippen LogP contribution in [0.5, 0.6) is 0 Å².